The van der Waals surface area contributed by atoms with Gasteiger partial charge in [-0.25, -0.2) is 0 Å². The van der Waals surface area contributed by atoms with Crippen LogP contribution in [-0.4, -0.2) is 22.3 Å². The van der Waals surface area contributed by atoms with Gasteiger partial charge in [-0.15, -0.1) is 0 Å². The highest BCUT2D eigenvalue weighted by atomic mass is 79.9. The largest absolute Gasteiger partial charge is 0.335 e. The maximum atomic E-state index is 5.89. The topological polar surface area (TPSA) is 24.4 Å². The third-order valence-electron chi connectivity index (χ3n) is 1.96. The number of anilines is 1. The third-order valence-corrected chi connectivity index (χ3v) is 4.51. The predicted molar refractivity (Wildman–Crippen MR) is 72.5 cm³/mol. The first-order valence-electron chi connectivity index (χ1n) is 4.57. The Morgan fingerprint density at radius 2 is 2.47 bits per heavy atom. The molecule has 0 aliphatic carbocycles. The van der Waals surface area contributed by atoms with E-state index in [0.29, 0.717) is 5.25 Å². The number of amidine groups is 1. The molecule has 0 saturated carbocycles. The molecule has 0 fully saturated rings. The molecule has 0 aromatic heterocycles. The van der Waals surface area contributed by atoms with Crippen molar-refractivity contribution in [2.75, 3.05) is 17.2 Å². The summed E-state index contributed by atoms with van der Waals surface area (Å²) in [5.41, 5.74) is 0.990. The molecule has 80 valence electrons. The summed E-state index contributed by atoms with van der Waals surface area (Å²) in [5.74, 6) is 0. The molecule has 0 saturated heterocycles. The first-order valence-corrected chi connectivity index (χ1v) is 6.95. The number of halogens is 2. The minimum Gasteiger partial charge on any atom is -0.335 e. The monoisotopic (exact) mass is 304 g/mol. The van der Waals surface area contributed by atoms with E-state index < -0.39 is 0 Å². The van der Waals surface area contributed by atoms with Crippen molar-refractivity contribution < 1.29 is 0 Å². The molecular formula is C10H10BrClN2S. The van der Waals surface area contributed by atoms with E-state index in [1.165, 1.54) is 0 Å². The Bertz CT molecular complexity index is 383. The molecular weight excluding hydrogens is 296 g/mol. The highest BCUT2D eigenvalue weighted by Crippen LogP contribution is 2.24. The molecule has 0 amide bonds. The fourth-order valence-electron chi connectivity index (χ4n) is 1.26. The van der Waals surface area contributed by atoms with E-state index in [9.17, 15) is 0 Å². The van der Waals surface area contributed by atoms with Gasteiger partial charge in [0, 0.05) is 21.3 Å². The van der Waals surface area contributed by atoms with E-state index in [-0.39, 0.29) is 0 Å². The quantitative estimate of drug-likeness (QED) is 0.844. The van der Waals surface area contributed by atoms with Gasteiger partial charge in [0.15, 0.2) is 5.17 Å². The number of thioether (sulfide) groups is 1. The van der Waals surface area contributed by atoms with Gasteiger partial charge in [-0.3, -0.25) is 4.99 Å². The molecule has 2 nitrogen and oxygen atoms in total. The Morgan fingerprint density at radius 1 is 1.60 bits per heavy atom. The van der Waals surface area contributed by atoms with E-state index in [0.717, 1.165) is 27.8 Å². The number of nitrogens with zero attached hydrogens (tertiary/aromatic N) is 1. The standard InChI is InChI=1S/C10H10BrClN2S/c11-5-9-6-13-10(15-9)14-8-3-1-2-7(12)4-8/h1-4,9H,5-6H2,(H,13,14)/t9-/m0/s1. The van der Waals surface area contributed by atoms with Crippen LogP contribution in [0.3, 0.4) is 0 Å². The second-order valence-electron chi connectivity index (χ2n) is 3.18. The number of benzene rings is 1. The second kappa shape index (κ2) is 5.23. The van der Waals surface area contributed by atoms with Crippen LogP contribution in [0.4, 0.5) is 5.69 Å². The molecule has 2 rings (SSSR count). The molecule has 0 bridgehead atoms. The minimum absolute atomic E-state index is 0.548. The SMILES string of the molecule is Clc1cccc(NC2=NC[C@H](CBr)S2)c1. The molecule has 15 heavy (non-hydrogen) atoms. The molecule has 5 heteroatoms. The molecule has 1 aromatic rings. The van der Waals surface area contributed by atoms with Crippen molar-refractivity contribution in [2.24, 2.45) is 4.99 Å². The first kappa shape index (κ1) is 11.3. The zero-order valence-corrected chi connectivity index (χ0v) is 11.1. The Labute approximate surface area is 107 Å². The Morgan fingerprint density at radius 3 is 3.13 bits per heavy atom. The van der Waals surface area contributed by atoms with Crippen molar-refractivity contribution in [2.45, 2.75) is 5.25 Å². The summed E-state index contributed by atoms with van der Waals surface area (Å²) in [6, 6.07) is 7.66. The number of rotatable bonds is 2. The Kier molecular flexibility index (Phi) is 3.94. The van der Waals surface area contributed by atoms with Crippen LogP contribution in [0.15, 0.2) is 29.3 Å². The van der Waals surface area contributed by atoms with Crippen LogP contribution in [0, 0.1) is 0 Å². The molecule has 1 aromatic carbocycles. The van der Waals surface area contributed by atoms with Crippen LogP contribution in [-0.2, 0) is 0 Å². The first-order chi connectivity index (χ1) is 7.28. The average Bonchev–Trinajstić information content (AvgIpc) is 2.65. The van der Waals surface area contributed by atoms with E-state index in [4.69, 9.17) is 11.6 Å². The highest BCUT2D eigenvalue weighted by molar-refractivity contribution is 9.09. The van der Waals surface area contributed by atoms with Crippen LogP contribution in [0.5, 0.6) is 0 Å². The number of aliphatic imine (C=N–C) groups is 1. The lowest BCUT2D eigenvalue weighted by atomic mass is 10.3. The lowest BCUT2D eigenvalue weighted by Crippen LogP contribution is -2.08. The van der Waals surface area contributed by atoms with Crippen molar-refractivity contribution in [1.29, 1.82) is 0 Å². The number of hydrogen-bond acceptors (Lipinski definition) is 3. The fourth-order valence-corrected chi connectivity index (χ4v) is 2.90. The summed E-state index contributed by atoms with van der Waals surface area (Å²) in [5, 5.41) is 6.49. The second-order valence-corrected chi connectivity index (χ2v) is 5.55. The van der Waals surface area contributed by atoms with Gasteiger partial charge in [-0.2, -0.15) is 0 Å². The predicted octanol–water partition coefficient (Wildman–Crippen LogP) is 3.62. The summed E-state index contributed by atoms with van der Waals surface area (Å²) in [4.78, 5) is 4.41. The van der Waals surface area contributed by atoms with Crippen molar-refractivity contribution >= 4 is 50.1 Å². The summed E-state index contributed by atoms with van der Waals surface area (Å²) in [7, 11) is 0. The molecule has 1 aliphatic heterocycles. The molecule has 0 spiro atoms. The van der Waals surface area contributed by atoms with Gasteiger partial charge in [0.05, 0.1) is 6.54 Å². The smallest absolute Gasteiger partial charge is 0.161 e. The summed E-state index contributed by atoms with van der Waals surface area (Å²) >= 11 is 11.1. The van der Waals surface area contributed by atoms with Crippen molar-refractivity contribution in [3.63, 3.8) is 0 Å². The van der Waals surface area contributed by atoms with Gasteiger partial charge in [0.25, 0.3) is 0 Å². The van der Waals surface area contributed by atoms with Crippen LogP contribution in [0.2, 0.25) is 5.02 Å². The molecule has 1 aliphatic rings. The summed E-state index contributed by atoms with van der Waals surface area (Å²) in [6.45, 7) is 0.874. The maximum absolute atomic E-state index is 5.89. The van der Waals surface area contributed by atoms with Crippen LogP contribution in [0.25, 0.3) is 0 Å². The Balaban J connectivity index is 1.98. The zero-order chi connectivity index (χ0) is 10.7. The molecule has 0 unspecified atom stereocenters. The van der Waals surface area contributed by atoms with E-state index >= 15 is 0 Å². The molecule has 1 heterocycles. The number of nitrogens with one attached hydrogen (secondary N) is 1. The van der Waals surface area contributed by atoms with Crippen molar-refractivity contribution in [3.05, 3.63) is 29.3 Å². The van der Waals surface area contributed by atoms with Crippen LogP contribution < -0.4 is 5.32 Å². The van der Waals surface area contributed by atoms with Crippen LogP contribution >= 0.6 is 39.3 Å². The summed E-state index contributed by atoms with van der Waals surface area (Å²) < 4.78 is 0. The lowest BCUT2D eigenvalue weighted by Gasteiger charge is -2.06. The van der Waals surface area contributed by atoms with Gasteiger partial charge in [0.1, 0.15) is 0 Å². The van der Waals surface area contributed by atoms with E-state index in [1.54, 1.807) is 11.8 Å². The lowest BCUT2D eigenvalue weighted by molar-refractivity contribution is 0.993. The van der Waals surface area contributed by atoms with Crippen molar-refractivity contribution in [1.82, 2.24) is 0 Å². The molecule has 0 radical (unpaired) electrons. The third kappa shape index (κ3) is 3.13. The van der Waals surface area contributed by atoms with Gasteiger partial charge in [-0.05, 0) is 18.2 Å². The fraction of sp³-hybridized carbons (Fsp3) is 0.300. The van der Waals surface area contributed by atoms with Gasteiger partial charge < -0.3 is 5.32 Å². The number of alkyl halides is 1. The normalized spacial score (nSPS) is 20.1. The van der Waals surface area contributed by atoms with Gasteiger partial charge >= 0.3 is 0 Å². The number of hydrogen-bond donors (Lipinski definition) is 1. The van der Waals surface area contributed by atoms with E-state index in [1.807, 2.05) is 24.3 Å². The minimum atomic E-state index is 0.548. The Hall–Kier alpha value is -0.190. The maximum Gasteiger partial charge on any atom is 0.161 e. The average molecular weight is 306 g/mol. The van der Waals surface area contributed by atoms with Crippen LogP contribution in [0.1, 0.15) is 0 Å². The van der Waals surface area contributed by atoms with Gasteiger partial charge in [0.2, 0.25) is 0 Å². The molecule has 1 N–H and O–H groups in total. The van der Waals surface area contributed by atoms with Crippen molar-refractivity contribution in [3.8, 4) is 0 Å². The van der Waals surface area contributed by atoms with Gasteiger partial charge in [-0.1, -0.05) is 45.4 Å². The molecule has 1 atom stereocenters. The summed E-state index contributed by atoms with van der Waals surface area (Å²) in [6.07, 6.45) is 0. The highest BCUT2D eigenvalue weighted by Gasteiger charge is 2.18. The zero-order valence-electron chi connectivity index (χ0n) is 7.91. The van der Waals surface area contributed by atoms with E-state index in [2.05, 4.69) is 26.2 Å².